The summed E-state index contributed by atoms with van der Waals surface area (Å²) in [5.74, 6) is 0. The normalized spacial score (nSPS) is 9.97. The highest BCUT2D eigenvalue weighted by molar-refractivity contribution is 9.11. The fourth-order valence-electron chi connectivity index (χ4n) is 3.89. The molecule has 0 radical (unpaired) electrons. The Hall–Kier alpha value is -3.70. The molecule has 0 aliphatic rings. The Kier molecular flexibility index (Phi) is 27.2. The van der Waals surface area contributed by atoms with Gasteiger partial charge in [-0.3, -0.25) is 0 Å². The largest absolute Gasteiger partial charge is 0.446 e. The van der Waals surface area contributed by atoms with Crippen molar-refractivity contribution in [2.45, 2.75) is 29.9 Å². The first-order valence-electron chi connectivity index (χ1n) is 16.3. The first-order chi connectivity index (χ1) is 30.5. The zero-order valence-corrected chi connectivity index (χ0v) is 42.5. The lowest BCUT2D eigenvalue weighted by Crippen LogP contribution is -2.03. The second kappa shape index (κ2) is 29.8. The third kappa shape index (κ3) is 22.1. The highest BCUT2D eigenvalue weighted by Crippen LogP contribution is 2.42. The fraction of sp³-hybridized carbons (Fsp3) is 0.103. The number of rotatable bonds is 7. The molecule has 5 aromatic carbocycles. The molecule has 0 bridgehead atoms. The molecule has 340 valence electrons. The van der Waals surface area contributed by atoms with Crippen LogP contribution in [0.4, 0.5) is 54.8 Å². The molecule has 0 amide bonds. The molecule has 0 unspecified atom stereocenters. The Balaban J connectivity index is 0.000000407. The van der Waals surface area contributed by atoms with Crippen molar-refractivity contribution in [2.24, 2.45) is 25.0 Å². The summed E-state index contributed by atoms with van der Waals surface area (Å²) in [6.07, 6.45) is 3.22. The maximum Gasteiger partial charge on any atom is 0.446 e. The molecule has 10 nitrogen and oxygen atoms in total. The minimum absolute atomic E-state index is 0.0265. The van der Waals surface area contributed by atoms with Crippen LogP contribution in [-0.2, 0) is 36.6 Å². The standard InChI is InChI=1S/C9H7Br2NO.C8H3ClF3NO.C8H4F3NOS.C7H3Br2NO.C7HCl4NO/c1-2-6-3-7(10)9(12-5-13)8(11)4-6;9-6-2-1-5(8(10,11)12)3-7(6)13-4-14;9-8(10,11)14-7-3-1-6(2-4-7)12-5-13;8-5-1-2-7(10-4-11)6(9)3-5;8-3-1-4(12-2-13)6(10)7(11)5(3)9/h3-4H,2H2,1H3;1-3H;1-4H;1-3H;1H. The maximum atomic E-state index is 12.2. The molecule has 5 aromatic rings. The number of hydrogen-bond donors (Lipinski definition) is 0. The Morgan fingerprint density at radius 1 is 0.538 bits per heavy atom. The molecule has 0 aliphatic carbocycles. The van der Waals surface area contributed by atoms with E-state index in [1.807, 2.05) is 18.2 Å². The molecular weight excluding hydrogens is 1260 g/mol. The number of halogens is 15. The number of benzene rings is 5. The van der Waals surface area contributed by atoms with Gasteiger partial charge in [0.2, 0.25) is 30.4 Å². The van der Waals surface area contributed by atoms with E-state index in [0.29, 0.717) is 17.4 Å². The summed E-state index contributed by atoms with van der Waals surface area (Å²) in [7, 11) is 0. The molecule has 0 saturated carbocycles. The van der Waals surface area contributed by atoms with Crippen LogP contribution in [0.25, 0.3) is 0 Å². The number of hydrogen-bond acceptors (Lipinski definition) is 11. The zero-order valence-electron chi connectivity index (χ0n) is 31.6. The fourth-order valence-corrected chi connectivity index (χ4v) is 8.01. The predicted molar refractivity (Wildman–Crippen MR) is 253 cm³/mol. The smallest absolute Gasteiger partial charge is 0.211 e. The van der Waals surface area contributed by atoms with Gasteiger partial charge in [-0.2, -0.15) is 51.3 Å². The molecule has 65 heavy (non-hydrogen) atoms. The lowest BCUT2D eigenvalue weighted by molar-refractivity contribution is -0.137. The van der Waals surface area contributed by atoms with Crippen molar-refractivity contribution < 1.29 is 50.3 Å². The molecule has 5 rings (SSSR count). The quantitative estimate of drug-likeness (QED) is 0.0396. The van der Waals surface area contributed by atoms with Crippen LogP contribution in [0.3, 0.4) is 0 Å². The summed E-state index contributed by atoms with van der Waals surface area (Å²) in [5.41, 5.74) is -2.65. The first kappa shape index (κ1) is 59.3. The average Bonchev–Trinajstić information content (AvgIpc) is 3.23. The topological polar surface area (TPSA) is 147 Å². The number of aliphatic imine (C=N–C) groups is 5. The molecule has 0 atom stereocenters. The van der Waals surface area contributed by atoms with Gasteiger partial charge in [0.1, 0.15) is 5.69 Å². The van der Waals surface area contributed by atoms with Crippen LogP contribution in [0.5, 0.6) is 0 Å². The zero-order chi connectivity index (χ0) is 49.5. The lowest BCUT2D eigenvalue weighted by atomic mass is 10.1. The lowest BCUT2D eigenvalue weighted by Gasteiger charge is -2.06. The number of isocyanates is 5. The van der Waals surface area contributed by atoms with E-state index in [-0.39, 0.29) is 58.8 Å². The Morgan fingerprint density at radius 2 is 1.06 bits per heavy atom. The van der Waals surface area contributed by atoms with E-state index in [1.165, 1.54) is 60.2 Å². The minimum Gasteiger partial charge on any atom is -0.211 e. The van der Waals surface area contributed by atoms with Gasteiger partial charge in [0.15, 0.2) is 0 Å². The van der Waals surface area contributed by atoms with Crippen LogP contribution < -0.4 is 0 Å². The predicted octanol–water partition coefficient (Wildman–Crippen LogP) is 17.8. The van der Waals surface area contributed by atoms with Crippen LogP contribution in [-0.4, -0.2) is 35.9 Å². The molecule has 0 fully saturated rings. The molecule has 0 aliphatic heterocycles. The average molecular weight is 1280 g/mol. The van der Waals surface area contributed by atoms with Gasteiger partial charge < -0.3 is 0 Å². The van der Waals surface area contributed by atoms with Crippen molar-refractivity contribution in [1.29, 1.82) is 0 Å². The van der Waals surface area contributed by atoms with E-state index in [2.05, 4.69) is 95.6 Å². The minimum atomic E-state index is -4.47. The number of aryl methyl sites for hydroxylation is 1. The molecule has 26 heteroatoms. The Morgan fingerprint density at radius 3 is 1.54 bits per heavy atom. The van der Waals surface area contributed by atoms with Gasteiger partial charge in [-0.15, -0.1) is 0 Å². The van der Waals surface area contributed by atoms with Gasteiger partial charge in [0, 0.05) is 22.8 Å². The third-order valence-electron chi connectivity index (χ3n) is 6.65. The van der Waals surface area contributed by atoms with Gasteiger partial charge in [-0.1, -0.05) is 80.9 Å². The van der Waals surface area contributed by atoms with E-state index >= 15 is 0 Å². The van der Waals surface area contributed by atoms with Gasteiger partial charge >= 0.3 is 11.7 Å². The number of thioether (sulfide) groups is 1. The van der Waals surface area contributed by atoms with Gasteiger partial charge in [0.05, 0.1) is 53.4 Å². The summed E-state index contributed by atoms with van der Waals surface area (Å²) >= 11 is 41.2. The first-order valence-corrected chi connectivity index (χ1v) is 22.2. The summed E-state index contributed by atoms with van der Waals surface area (Å²) in [4.78, 5) is 66.3. The second-order valence-corrected chi connectivity index (χ2v) is 17.5. The summed E-state index contributed by atoms with van der Waals surface area (Å²) in [6, 6.07) is 18.2. The SMILES string of the molecule is CCc1cc(Br)c(N=C=O)c(Br)c1.O=C=Nc1cc(C(F)(F)F)ccc1Cl.O=C=Nc1cc(Cl)c(Cl)c(Cl)c1Cl.O=C=Nc1ccc(Br)cc1Br.O=C=Nc1ccc(SC(F)(F)F)cc1. The van der Waals surface area contributed by atoms with Crippen LogP contribution in [0, 0.1) is 0 Å². The number of carbonyl (C=O) groups excluding carboxylic acids is 5. The van der Waals surface area contributed by atoms with Gasteiger partial charge in [-0.05, 0) is 150 Å². The Bertz CT molecular complexity index is 2690. The third-order valence-corrected chi connectivity index (χ3v) is 11.8. The molecule has 0 N–H and O–H groups in total. The number of alkyl halides is 6. The van der Waals surface area contributed by atoms with E-state index in [0.717, 1.165) is 42.5 Å². The summed E-state index contributed by atoms with van der Waals surface area (Å²) in [6.45, 7) is 2.07. The Labute approximate surface area is 426 Å². The van der Waals surface area contributed by atoms with Crippen molar-refractivity contribution in [3.63, 3.8) is 0 Å². The van der Waals surface area contributed by atoms with Crippen LogP contribution in [0.15, 0.2) is 127 Å². The van der Waals surface area contributed by atoms with Crippen LogP contribution in [0.2, 0.25) is 25.1 Å². The van der Waals surface area contributed by atoms with E-state index in [9.17, 15) is 50.3 Å². The molecule has 0 spiro atoms. The van der Waals surface area contributed by atoms with Crippen molar-refractivity contribution in [2.75, 3.05) is 0 Å². The van der Waals surface area contributed by atoms with Crippen molar-refractivity contribution in [1.82, 2.24) is 0 Å². The summed E-state index contributed by atoms with van der Waals surface area (Å²) in [5, 5.41) is 0.453. The maximum absolute atomic E-state index is 12.2. The monoisotopic (exact) mass is 1270 g/mol. The highest BCUT2D eigenvalue weighted by atomic mass is 79.9. The van der Waals surface area contributed by atoms with Gasteiger partial charge in [-0.25, -0.2) is 24.0 Å². The van der Waals surface area contributed by atoms with E-state index in [1.54, 1.807) is 12.1 Å². The van der Waals surface area contributed by atoms with E-state index in [4.69, 9.17) is 58.0 Å². The van der Waals surface area contributed by atoms with Crippen molar-refractivity contribution in [3.05, 3.63) is 133 Å². The molecular formula is C39H18Br4Cl5F6N5O5S. The van der Waals surface area contributed by atoms with Crippen molar-refractivity contribution >= 4 is 192 Å². The second-order valence-electron chi connectivity index (χ2n) is 10.9. The molecule has 0 aromatic heterocycles. The summed E-state index contributed by atoms with van der Waals surface area (Å²) < 4.78 is 75.4. The highest BCUT2D eigenvalue weighted by Gasteiger charge is 2.31. The van der Waals surface area contributed by atoms with Gasteiger partial charge in [0.25, 0.3) is 0 Å². The van der Waals surface area contributed by atoms with Crippen molar-refractivity contribution in [3.8, 4) is 0 Å². The molecule has 0 heterocycles. The number of nitrogens with zero attached hydrogens (tertiary/aromatic N) is 5. The molecule has 0 saturated heterocycles. The van der Waals surface area contributed by atoms with E-state index < -0.39 is 17.2 Å². The van der Waals surface area contributed by atoms with Crippen LogP contribution >= 0.6 is 133 Å². The van der Waals surface area contributed by atoms with Crippen LogP contribution in [0.1, 0.15) is 18.1 Å².